The molecule has 1 aromatic rings. The van der Waals surface area contributed by atoms with Crippen LogP contribution < -0.4 is 10.0 Å². The second-order valence-electron chi connectivity index (χ2n) is 5.49. The number of carbonyl (C=O) groups excluding carboxylic acids is 1. The van der Waals surface area contributed by atoms with Gasteiger partial charge in [0.05, 0.1) is 6.54 Å². The van der Waals surface area contributed by atoms with Crippen LogP contribution in [0.5, 0.6) is 0 Å². The minimum Gasteiger partial charge on any atom is -0.325 e. The molecule has 1 amide bonds. The number of hydrogen-bond acceptors (Lipinski definition) is 3. The highest BCUT2D eigenvalue weighted by molar-refractivity contribution is 7.87. The van der Waals surface area contributed by atoms with E-state index in [1.165, 1.54) is 28.6 Å². The van der Waals surface area contributed by atoms with E-state index in [2.05, 4.69) is 10.0 Å². The number of nitrogens with zero attached hydrogens (tertiary/aromatic N) is 1. The Kier molecular flexibility index (Phi) is 8.88. The normalized spacial score (nSPS) is 11.7. The zero-order valence-corrected chi connectivity index (χ0v) is 15.0. The van der Waals surface area contributed by atoms with Gasteiger partial charge in [-0.25, -0.2) is 4.39 Å². The van der Waals surface area contributed by atoms with Crippen LogP contribution in [0.4, 0.5) is 10.1 Å². The average Bonchev–Trinajstić information content (AvgIpc) is 2.55. The molecule has 0 unspecified atom stereocenters. The summed E-state index contributed by atoms with van der Waals surface area (Å²) in [5.74, 6) is -0.910. The minimum absolute atomic E-state index is 0.367. The molecule has 136 valence electrons. The maximum Gasteiger partial charge on any atom is 0.279 e. The molecule has 0 aliphatic rings. The quantitative estimate of drug-likeness (QED) is 0.637. The zero-order valence-electron chi connectivity index (χ0n) is 14.2. The third-order valence-electron chi connectivity index (χ3n) is 3.41. The van der Waals surface area contributed by atoms with Gasteiger partial charge in [-0.2, -0.15) is 17.4 Å². The molecule has 0 aliphatic heterocycles. The van der Waals surface area contributed by atoms with Crippen LogP contribution >= 0.6 is 0 Å². The molecule has 1 rings (SSSR count). The number of halogens is 1. The summed E-state index contributed by atoms with van der Waals surface area (Å²) in [5.41, 5.74) is 0.412. The first-order chi connectivity index (χ1) is 11.4. The maximum absolute atomic E-state index is 12.8. The van der Waals surface area contributed by atoms with E-state index in [0.717, 1.165) is 25.7 Å². The standard InChI is InChI=1S/C16H26FN3O3S/c1-3-5-11-20(12-6-4-2)24(22,23)18-13-16(21)19-15-9-7-14(17)8-10-15/h7-10,18H,3-6,11-13H2,1-2H3,(H,19,21). The molecule has 0 saturated heterocycles. The van der Waals surface area contributed by atoms with E-state index in [4.69, 9.17) is 0 Å². The van der Waals surface area contributed by atoms with Gasteiger partial charge < -0.3 is 5.32 Å². The van der Waals surface area contributed by atoms with Crippen molar-refractivity contribution in [1.82, 2.24) is 9.03 Å². The molecule has 0 fully saturated rings. The number of anilines is 1. The van der Waals surface area contributed by atoms with E-state index in [1.54, 1.807) is 0 Å². The van der Waals surface area contributed by atoms with Crippen LogP contribution in [0.3, 0.4) is 0 Å². The summed E-state index contributed by atoms with van der Waals surface area (Å²) in [6.45, 7) is 4.49. The van der Waals surface area contributed by atoms with E-state index in [1.807, 2.05) is 13.8 Å². The monoisotopic (exact) mass is 359 g/mol. The summed E-state index contributed by atoms with van der Waals surface area (Å²) >= 11 is 0. The lowest BCUT2D eigenvalue weighted by molar-refractivity contribution is -0.115. The zero-order chi connectivity index (χ0) is 18.0. The van der Waals surface area contributed by atoms with Crippen LogP contribution in [0.1, 0.15) is 39.5 Å². The Morgan fingerprint density at radius 1 is 1.08 bits per heavy atom. The lowest BCUT2D eigenvalue weighted by atomic mass is 10.3. The SMILES string of the molecule is CCCCN(CCCC)S(=O)(=O)NCC(=O)Nc1ccc(F)cc1. The van der Waals surface area contributed by atoms with Crippen LogP contribution in [0.2, 0.25) is 0 Å². The minimum atomic E-state index is -3.70. The first-order valence-corrected chi connectivity index (χ1v) is 9.63. The largest absolute Gasteiger partial charge is 0.325 e. The second-order valence-corrected chi connectivity index (χ2v) is 7.24. The van der Waals surface area contributed by atoms with Crippen molar-refractivity contribution >= 4 is 21.8 Å². The summed E-state index contributed by atoms with van der Waals surface area (Å²) in [7, 11) is -3.70. The van der Waals surface area contributed by atoms with Gasteiger partial charge in [-0.05, 0) is 37.1 Å². The Morgan fingerprint density at radius 3 is 2.12 bits per heavy atom. The highest BCUT2D eigenvalue weighted by Crippen LogP contribution is 2.08. The van der Waals surface area contributed by atoms with E-state index in [0.29, 0.717) is 18.8 Å². The van der Waals surface area contributed by atoms with E-state index >= 15 is 0 Å². The molecule has 8 heteroatoms. The van der Waals surface area contributed by atoms with Crippen molar-refractivity contribution in [3.05, 3.63) is 30.1 Å². The molecule has 0 radical (unpaired) electrons. The molecule has 0 spiro atoms. The third-order valence-corrected chi connectivity index (χ3v) is 4.96. The Morgan fingerprint density at radius 2 is 1.62 bits per heavy atom. The van der Waals surface area contributed by atoms with Crippen molar-refractivity contribution in [2.45, 2.75) is 39.5 Å². The van der Waals surface area contributed by atoms with E-state index < -0.39 is 21.9 Å². The molecule has 0 atom stereocenters. The van der Waals surface area contributed by atoms with Crippen LogP contribution in [0.25, 0.3) is 0 Å². The van der Waals surface area contributed by atoms with Crippen LogP contribution in [0.15, 0.2) is 24.3 Å². The highest BCUT2D eigenvalue weighted by Gasteiger charge is 2.21. The Bertz CT molecular complexity index is 597. The molecule has 0 heterocycles. The number of carbonyl (C=O) groups is 1. The van der Waals surface area contributed by atoms with Crippen molar-refractivity contribution in [2.24, 2.45) is 0 Å². The van der Waals surface area contributed by atoms with Crippen molar-refractivity contribution in [3.63, 3.8) is 0 Å². The molecule has 2 N–H and O–H groups in total. The number of benzene rings is 1. The molecule has 0 aromatic heterocycles. The van der Waals surface area contributed by atoms with Crippen molar-refractivity contribution < 1.29 is 17.6 Å². The van der Waals surface area contributed by atoms with Gasteiger partial charge in [0.25, 0.3) is 10.2 Å². The van der Waals surface area contributed by atoms with E-state index in [9.17, 15) is 17.6 Å². The molecule has 0 aliphatic carbocycles. The van der Waals surface area contributed by atoms with Gasteiger partial charge in [0, 0.05) is 18.8 Å². The second kappa shape index (κ2) is 10.4. The summed E-state index contributed by atoms with van der Waals surface area (Å²) in [5, 5.41) is 2.52. The van der Waals surface area contributed by atoms with E-state index in [-0.39, 0.29) is 6.54 Å². The summed E-state index contributed by atoms with van der Waals surface area (Å²) < 4.78 is 41.2. The van der Waals surface area contributed by atoms with Crippen LogP contribution in [-0.2, 0) is 15.0 Å². The van der Waals surface area contributed by atoms with Gasteiger partial charge in [0.15, 0.2) is 0 Å². The van der Waals surface area contributed by atoms with Gasteiger partial charge in [-0.3, -0.25) is 4.79 Å². The topological polar surface area (TPSA) is 78.5 Å². The van der Waals surface area contributed by atoms with Gasteiger partial charge in [-0.15, -0.1) is 0 Å². The van der Waals surface area contributed by atoms with Crippen LogP contribution in [-0.4, -0.2) is 38.3 Å². The fraction of sp³-hybridized carbons (Fsp3) is 0.562. The predicted molar refractivity (Wildman–Crippen MR) is 93.3 cm³/mol. The summed E-state index contributed by atoms with van der Waals surface area (Å²) in [6, 6.07) is 5.26. The first kappa shape index (κ1) is 20.5. The molecule has 0 bridgehead atoms. The highest BCUT2D eigenvalue weighted by atomic mass is 32.2. The van der Waals surface area contributed by atoms with Crippen LogP contribution in [0, 0.1) is 5.82 Å². The van der Waals surface area contributed by atoms with Gasteiger partial charge in [-0.1, -0.05) is 26.7 Å². The van der Waals surface area contributed by atoms with Gasteiger partial charge in [0.1, 0.15) is 5.82 Å². The fourth-order valence-corrected chi connectivity index (χ4v) is 3.24. The van der Waals surface area contributed by atoms with Gasteiger partial charge >= 0.3 is 0 Å². The Labute approximate surface area is 143 Å². The van der Waals surface area contributed by atoms with Crippen molar-refractivity contribution in [1.29, 1.82) is 0 Å². The Balaban J connectivity index is 2.57. The van der Waals surface area contributed by atoms with Crippen molar-refractivity contribution in [2.75, 3.05) is 25.0 Å². The van der Waals surface area contributed by atoms with Crippen molar-refractivity contribution in [3.8, 4) is 0 Å². The third kappa shape index (κ3) is 7.37. The number of nitrogens with one attached hydrogen (secondary N) is 2. The predicted octanol–water partition coefficient (Wildman–Crippen LogP) is 2.50. The summed E-state index contributed by atoms with van der Waals surface area (Å²) in [4.78, 5) is 11.8. The molecule has 0 saturated carbocycles. The molecular weight excluding hydrogens is 333 g/mol. The maximum atomic E-state index is 12.8. The molecule has 6 nitrogen and oxygen atoms in total. The number of unbranched alkanes of at least 4 members (excludes halogenated alkanes) is 2. The fourth-order valence-electron chi connectivity index (χ4n) is 2.01. The molecule has 24 heavy (non-hydrogen) atoms. The summed E-state index contributed by atoms with van der Waals surface area (Å²) in [6.07, 6.45) is 3.32. The number of amides is 1. The number of rotatable bonds is 11. The van der Waals surface area contributed by atoms with Gasteiger partial charge in [0.2, 0.25) is 5.91 Å². The first-order valence-electron chi connectivity index (χ1n) is 8.19. The Hall–Kier alpha value is -1.51. The molecule has 1 aromatic carbocycles. The lowest BCUT2D eigenvalue weighted by Gasteiger charge is -2.22. The average molecular weight is 359 g/mol. The number of hydrogen-bond donors (Lipinski definition) is 2. The molecular formula is C16H26FN3O3S. The smallest absolute Gasteiger partial charge is 0.279 e. The lowest BCUT2D eigenvalue weighted by Crippen LogP contribution is -2.44.